The Labute approximate surface area is 89.7 Å². The first kappa shape index (κ1) is 11.3. The normalized spacial score (nSPS) is 10.0. The Morgan fingerprint density at radius 1 is 1.53 bits per heavy atom. The largest absolute Gasteiger partial charge is 0.478 e. The van der Waals surface area contributed by atoms with Crippen LogP contribution in [-0.4, -0.2) is 11.6 Å². The fourth-order valence-electron chi connectivity index (χ4n) is 1.02. The maximum Gasteiger partial charge on any atom is 0.214 e. The molecular formula is C11H15N3O. The van der Waals surface area contributed by atoms with Crippen LogP contribution in [0.5, 0.6) is 5.88 Å². The molecule has 1 aromatic rings. The zero-order valence-electron chi connectivity index (χ0n) is 9.03. The first-order valence-electron chi connectivity index (χ1n) is 4.93. The van der Waals surface area contributed by atoms with E-state index >= 15 is 0 Å². The lowest BCUT2D eigenvalue weighted by atomic mass is 10.1. The molecule has 0 atom stereocenters. The Morgan fingerprint density at radius 2 is 2.27 bits per heavy atom. The Morgan fingerprint density at radius 3 is 2.87 bits per heavy atom. The molecule has 0 unspecified atom stereocenters. The Kier molecular flexibility index (Phi) is 3.92. The van der Waals surface area contributed by atoms with Gasteiger partial charge in [-0.1, -0.05) is 13.8 Å². The molecule has 0 bridgehead atoms. The van der Waals surface area contributed by atoms with Crippen molar-refractivity contribution in [2.24, 2.45) is 5.92 Å². The average Bonchev–Trinajstić information content (AvgIpc) is 2.20. The van der Waals surface area contributed by atoms with Gasteiger partial charge in [0, 0.05) is 6.07 Å². The number of hydrogen-bond donors (Lipinski definition) is 1. The monoisotopic (exact) mass is 205 g/mol. The standard InChI is InChI=1S/C11H15N3O/c1-8(2)5-6-15-11-4-3-9(13)10(7-12)14-11/h3-4,8H,5-6,13H2,1-2H3. The molecule has 80 valence electrons. The minimum Gasteiger partial charge on any atom is -0.478 e. The lowest BCUT2D eigenvalue weighted by Crippen LogP contribution is -2.04. The number of nitrogen functional groups attached to an aromatic ring is 1. The van der Waals surface area contributed by atoms with Crippen molar-refractivity contribution in [2.75, 3.05) is 12.3 Å². The summed E-state index contributed by atoms with van der Waals surface area (Å²) in [4.78, 5) is 3.98. The third-order valence-corrected chi connectivity index (χ3v) is 1.95. The highest BCUT2D eigenvalue weighted by Crippen LogP contribution is 2.14. The molecule has 1 aromatic heterocycles. The summed E-state index contributed by atoms with van der Waals surface area (Å²) in [6, 6.07) is 5.23. The van der Waals surface area contributed by atoms with Crippen LogP contribution in [-0.2, 0) is 0 Å². The highest BCUT2D eigenvalue weighted by Gasteiger charge is 2.03. The van der Waals surface area contributed by atoms with Gasteiger partial charge >= 0.3 is 0 Å². The number of pyridine rings is 1. The molecule has 0 aliphatic carbocycles. The summed E-state index contributed by atoms with van der Waals surface area (Å²) in [5.74, 6) is 1.05. The van der Waals surface area contributed by atoms with E-state index in [9.17, 15) is 0 Å². The van der Waals surface area contributed by atoms with Crippen LogP contribution in [0.3, 0.4) is 0 Å². The van der Waals surface area contributed by atoms with Gasteiger partial charge in [0.25, 0.3) is 0 Å². The van der Waals surface area contributed by atoms with E-state index in [4.69, 9.17) is 15.7 Å². The highest BCUT2D eigenvalue weighted by atomic mass is 16.5. The first-order chi connectivity index (χ1) is 7.13. The van der Waals surface area contributed by atoms with Crippen LogP contribution in [0.4, 0.5) is 5.69 Å². The second-order valence-electron chi connectivity index (χ2n) is 3.73. The van der Waals surface area contributed by atoms with Crippen LogP contribution < -0.4 is 10.5 Å². The lowest BCUT2D eigenvalue weighted by Gasteiger charge is -2.07. The van der Waals surface area contributed by atoms with Gasteiger partial charge < -0.3 is 10.5 Å². The number of nitrogens with two attached hydrogens (primary N) is 1. The SMILES string of the molecule is CC(C)CCOc1ccc(N)c(C#N)n1. The van der Waals surface area contributed by atoms with Gasteiger partial charge in [-0.2, -0.15) is 5.26 Å². The van der Waals surface area contributed by atoms with E-state index in [0.717, 1.165) is 6.42 Å². The second-order valence-corrected chi connectivity index (χ2v) is 3.73. The van der Waals surface area contributed by atoms with Crippen molar-refractivity contribution in [3.63, 3.8) is 0 Å². The van der Waals surface area contributed by atoms with E-state index in [1.54, 1.807) is 12.1 Å². The summed E-state index contributed by atoms with van der Waals surface area (Å²) in [7, 11) is 0. The number of ether oxygens (including phenoxy) is 1. The molecule has 0 saturated heterocycles. The van der Waals surface area contributed by atoms with E-state index < -0.39 is 0 Å². The van der Waals surface area contributed by atoms with Gasteiger partial charge in [-0.05, 0) is 18.4 Å². The molecule has 2 N–H and O–H groups in total. The van der Waals surface area contributed by atoms with Crippen molar-refractivity contribution in [1.29, 1.82) is 5.26 Å². The van der Waals surface area contributed by atoms with Gasteiger partial charge in [0.15, 0.2) is 5.69 Å². The molecule has 0 spiro atoms. The first-order valence-corrected chi connectivity index (χ1v) is 4.93. The molecule has 4 nitrogen and oxygen atoms in total. The minimum atomic E-state index is 0.219. The zero-order chi connectivity index (χ0) is 11.3. The molecule has 0 radical (unpaired) electrons. The van der Waals surface area contributed by atoms with Crippen LogP contribution in [0, 0.1) is 17.2 Å². The van der Waals surface area contributed by atoms with Crippen LogP contribution in [0.15, 0.2) is 12.1 Å². The van der Waals surface area contributed by atoms with E-state index in [-0.39, 0.29) is 5.69 Å². The van der Waals surface area contributed by atoms with Crippen LogP contribution >= 0.6 is 0 Å². The number of hydrogen-bond acceptors (Lipinski definition) is 4. The molecular weight excluding hydrogens is 190 g/mol. The lowest BCUT2D eigenvalue weighted by molar-refractivity contribution is 0.279. The molecule has 0 fully saturated rings. The summed E-state index contributed by atoms with van der Waals surface area (Å²) >= 11 is 0. The molecule has 0 aliphatic rings. The number of nitrogens with zero attached hydrogens (tertiary/aromatic N) is 2. The van der Waals surface area contributed by atoms with E-state index in [1.165, 1.54) is 0 Å². The van der Waals surface area contributed by atoms with Crippen molar-refractivity contribution < 1.29 is 4.74 Å². The third kappa shape index (κ3) is 3.47. The topological polar surface area (TPSA) is 71.9 Å². The van der Waals surface area contributed by atoms with E-state index in [0.29, 0.717) is 24.1 Å². The minimum absolute atomic E-state index is 0.219. The van der Waals surface area contributed by atoms with Gasteiger partial charge in [-0.15, -0.1) is 0 Å². The van der Waals surface area contributed by atoms with Gasteiger partial charge in [0.2, 0.25) is 5.88 Å². The fraction of sp³-hybridized carbons (Fsp3) is 0.455. The van der Waals surface area contributed by atoms with Crippen LogP contribution in [0.25, 0.3) is 0 Å². The molecule has 0 saturated carbocycles. The van der Waals surface area contributed by atoms with Gasteiger partial charge in [-0.25, -0.2) is 4.98 Å². The Balaban J connectivity index is 2.60. The molecule has 4 heteroatoms. The molecule has 0 aliphatic heterocycles. The van der Waals surface area contributed by atoms with Crippen molar-refractivity contribution in [2.45, 2.75) is 20.3 Å². The summed E-state index contributed by atoms with van der Waals surface area (Å²) < 4.78 is 5.40. The zero-order valence-corrected chi connectivity index (χ0v) is 9.03. The molecule has 0 aromatic carbocycles. The summed E-state index contributed by atoms with van der Waals surface area (Å²) in [5, 5.41) is 8.71. The number of aromatic nitrogens is 1. The predicted molar refractivity (Wildman–Crippen MR) is 58.3 cm³/mol. The van der Waals surface area contributed by atoms with E-state index in [2.05, 4.69) is 18.8 Å². The molecule has 1 rings (SSSR count). The fourth-order valence-corrected chi connectivity index (χ4v) is 1.02. The van der Waals surface area contributed by atoms with Gasteiger partial charge in [-0.3, -0.25) is 0 Å². The van der Waals surface area contributed by atoms with Crippen LogP contribution in [0.2, 0.25) is 0 Å². The maximum atomic E-state index is 8.71. The Bertz CT molecular complexity index is 369. The van der Waals surface area contributed by atoms with Crippen molar-refractivity contribution in [3.05, 3.63) is 17.8 Å². The summed E-state index contributed by atoms with van der Waals surface area (Å²) in [6.45, 7) is 4.86. The van der Waals surface area contributed by atoms with Crippen LogP contribution in [0.1, 0.15) is 26.0 Å². The van der Waals surface area contributed by atoms with Crippen molar-refractivity contribution in [1.82, 2.24) is 4.98 Å². The van der Waals surface area contributed by atoms with E-state index in [1.807, 2.05) is 6.07 Å². The smallest absolute Gasteiger partial charge is 0.214 e. The molecule has 0 amide bonds. The predicted octanol–water partition coefficient (Wildman–Crippen LogP) is 1.96. The van der Waals surface area contributed by atoms with Crippen molar-refractivity contribution >= 4 is 5.69 Å². The maximum absolute atomic E-state index is 8.71. The quantitative estimate of drug-likeness (QED) is 0.815. The Hall–Kier alpha value is -1.76. The number of anilines is 1. The third-order valence-electron chi connectivity index (χ3n) is 1.95. The number of nitriles is 1. The van der Waals surface area contributed by atoms with Gasteiger partial charge in [0.1, 0.15) is 6.07 Å². The second kappa shape index (κ2) is 5.20. The molecule has 1 heterocycles. The van der Waals surface area contributed by atoms with Gasteiger partial charge in [0.05, 0.1) is 12.3 Å². The van der Waals surface area contributed by atoms with Crippen molar-refractivity contribution in [3.8, 4) is 11.9 Å². The summed E-state index contributed by atoms with van der Waals surface area (Å²) in [5.41, 5.74) is 6.14. The number of rotatable bonds is 4. The summed E-state index contributed by atoms with van der Waals surface area (Å²) in [6.07, 6.45) is 0.966. The average molecular weight is 205 g/mol. The highest BCUT2D eigenvalue weighted by molar-refractivity contribution is 5.50. The molecule has 15 heavy (non-hydrogen) atoms.